The number of halogens is 1. The molecule has 2 aromatic carbocycles. The van der Waals surface area contributed by atoms with Gasteiger partial charge < -0.3 is 9.47 Å². The van der Waals surface area contributed by atoms with Crippen LogP contribution in [0.5, 0.6) is 11.5 Å². The van der Waals surface area contributed by atoms with Gasteiger partial charge >= 0.3 is 0 Å². The summed E-state index contributed by atoms with van der Waals surface area (Å²) < 4.78 is 10.7. The Kier molecular flexibility index (Phi) is 5.70. The highest BCUT2D eigenvalue weighted by molar-refractivity contribution is 7.18. The van der Waals surface area contributed by atoms with E-state index in [4.69, 9.17) is 21.1 Å². The molecule has 6 nitrogen and oxygen atoms in total. The van der Waals surface area contributed by atoms with Gasteiger partial charge in [0.1, 0.15) is 16.5 Å². The number of rotatable bonds is 6. The molecule has 3 aromatic rings. The molecule has 0 saturated heterocycles. The Labute approximate surface area is 159 Å². The number of hydrogen-bond acceptors (Lipinski definition) is 6. The minimum atomic E-state index is -0.707. The molecule has 0 spiro atoms. The van der Waals surface area contributed by atoms with Gasteiger partial charge in [-0.05, 0) is 49.4 Å². The molecule has 134 valence electrons. The fourth-order valence-corrected chi connectivity index (χ4v) is 3.06. The van der Waals surface area contributed by atoms with Crippen LogP contribution in [0.25, 0.3) is 10.6 Å². The van der Waals surface area contributed by atoms with E-state index in [0.29, 0.717) is 20.9 Å². The van der Waals surface area contributed by atoms with Gasteiger partial charge in [0, 0.05) is 10.6 Å². The molecular formula is C18H16ClN3O3S. The first-order valence-electron chi connectivity index (χ1n) is 7.76. The molecule has 1 atom stereocenters. The summed E-state index contributed by atoms with van der Waals surface area (Å²) in [5.41, 5.74) is 0.895. The summed E-state index contributed by atoms with van der Waals surface area (Å²) >= 11 is 7.19. The number of anilines is 1. The summed E-state index contributed by atoms with van der Waals surface area (Å²) in [7, 11) is 1.61. The van der Waals surface area contributed by atoms with Crippen LogP contribution in [0, 0.1) is 0 Å². The molecule has 0 aliphatic rings. The van der Waals surface area contributed by atoms with E-state index in [2.05, 4.69) is 15.5 Å². The van der Waals surface area contributed by atoms with Crippen LogP contribution in [0.1, 0.15) is 6.92 Å². The van der Waals surface area contributed by atoms with Crippen molar-refractivity contribution in [3.8, 4) is 22.1 Å². The monoisotopic (exact) mass is 389 g/mol. The number of ether oxygens (including phenoxy) is 2. The standard InChI is InChI=1S/C18H16ClN3O3S/c1-11(25-15-5-3-4-13(19)10-15)16(23)20-18-22-21-17(26-18)12-6-8-14(24-2)9-7-12/h3-11H,1-2H3,(H,20,22,23)/t11-/m0/s1. The zero-order chi connectivity index (χ0) is 18.5. The maximum atomic E-state index is 12.3. The van der Waals surface area contributed by atoms with Crippen LogP contribution in [0.3, 0.4) is 0 Å². The van der Waals surface area contributed by atoms with Crippen molar-refractivity contribution >= 4 is 34.0 Å². The maximum absolute atomic E-state index is 12.3. The van der Waals surface area contributed by atoms with E-state index in [1.54, 1.807) is 38.3 Å². The van der Waals surface area contributed by atoms with Crippen LogP contribution in [-0.2, 0) is 4.79 Å². The first-order chi connectivity index (χ1) is 12.5. The number of aromatic nitrogens is 2. The average molecular weight is 390 g/mol. The Morgan fingerprint density at radius 1 is 1.15 bits per heavy atom. The van der Waals surface area contributed by atoms with Crippen molar-refractivity contribution in [2.75, 3.05) is 12.4 Å². The van der Waals surface area contributed by atoms with Crippen LogP contribution >= 0.6 is 22.9 Å². The third-order valence-electron chi connectivity index (χ3n) is 3.47. The highest BCUT2D eigenvalue weighted by Gasteiger charge is 2.17. The van der Waals surface area contributed by atoms with E-state index in [-0.39, 0.29) is 5.91 Å². The third kappa shape index (κ3) is 4.50. The predicted molar refractivity (Wildman–Crippen MR) is 102 cm³/mol. The smallest absolute Gasteiger partial charge is 0.266 e. The lowest BCUT2D eigenvalue weighted by atomic mass is 10.2. The second-order valence-corrected chi connectivity index (χ2v) is 6.76. The predicted octanol–water partition coefficient (Wildman–Crippen LogP) is 4.27. The molecule has 0 aliphatic heterocycles. The van der Waals surface area contributed by atoms with E-state index in [1.165, 1.54) is 11.3 Å². The highest BCUT2D eigenvalue weighted by Crippen LogP contribution is 2.28. The highest BCUT2D eigenvalue weighted by atomic mass is 35.5. The molecule has 0 bridgehead atoms. The molecule has 1 heterocycles. The second kappa shape index (κ2) is 8.16. The Hall–Kier alpha value is -2.64. The molecule has 0 unspecified atom stereocenters. The van der Waals surface area contributed by atoms with Crippen LogP contribution < -0.4 is 14.8 Å². The minimum Gasteiger partial charge on any atom is -0.497 e. The number of nitrogens with one attached hydrogen (secondary N) is 1. The molecule has 0 radical (unpaired) electrons. The maximum Gasteiger partial charge on any atom is 0.266 e. The summed E-state index contributed by atoms with van der Waals surface area (Å²) in [4.78, 5) is 12.3. The van der Waals surface area contributed by atoms with Crippen molar-refractivity contribution in [1.82, 2.24) is 10.2 Å². The Balaban J connectivity index is 1.63. The summed E-state index contributed by atoms with van der Waals surface area (Å²) in [6, 6.07) is 14.3. The van der Waals surface area contributed by atoms with Crippen molar-refractivity contribution in [2.24, 2.45) is 0 Å². The quantitative estimate of drug-likeness (QED) is 0.681. The van der Waals surface area contributed by atoms with Gasteiger partial charge in [-0.3, -0.25) is 10.1 Å². The average Bonchev–Trinajstić information content (AvgIpc) is 3.10. The molecule has 0 saturated carbocycles. The first kappa shape index (κ1) is 18.2. The molecular weight excluding hydrogens is 374 g/mol. The van der Waals surface area contributed by atoms with Gasteiger partial charge in [-0.15, -0.1) is 10.2 Å². The minimum absolute atomic E-state index is 0.317. The van der Waals surface area contributed by atoms with E-state index >= 15 is 0 Å². The van der Waals surface area contributed by atoms with Crippen molar-refractivity contribution in [3.63, 3.8) is 0 Å². The Morgan fingerprint density at radius 3 is 2.62 bits per heavy atom. The van der Waals surface area contributed by atoms with E-state index in [0.717, 1.165) is 11.3 Å². The zero-order valence-corrected chi connectivity index (χ0v) is 15.7. The van der Waals surface area contributed by atoms with Gasteiger partial charge in [0.15, 0.2) is 6.10 Å². The fraction of sp³-hybridized carbons (Fsp3) is 0.167. The van der Waals surface area contributed by atoms with Crippen molar-refractivity contribution in [3.05, 3.63) is 53.6 Å². The number of methoxy groups -OCH3 is 1. The van der Waals surface area contributed by atoms with Gasteiger partial charge in [-0.1, -0.05) is 29.0 Å². The lowest BCUT2D eigenvalue weighted by molar-refractivity contribution is -0.122. The normalized spacial score (nSPS) is 11.7. The zero-order valence-electron chi connectivity index (χ0n) is 14.1. The van der Waals surface area contributed by atoms with Gasteiger partial charge in [-0.2, -0.15) is 0 Å². The molecule has 26 heavy (non-hydrogen) atoms. The summed E-state index contributed by atoms with van der Waals surface area (Å²) in [6.07, 6.45) is -0.707. The fourth-order valence-electron chi connectivity index (χ4n) is 2.13. The van der Waals surface area contributed by atoms with Gasteiger partial charge in [0.05, 0.1) is 7.11 Å². The van der Waals surface area contributed by atoms with Gasteiger partial charge in [-0.25, -0.2) is 0 Å². The first-order valence-corrected chi connectivity index (χ1v) is 8.95. The SMILES string of the molecule is COc1ccc(-c2nnc(NC(=O)[C@H](C)Oc3cccc(Cl)c3)s2)cc1. The van der Waals surface area contributed by atoms with Gasteiger partial charge in [0.25, 0.3) is 5.91 Å². The lowest BCUT2D eigenvalue weighted by Gasteiger charge is -2.13. The number of hydrogen-bond donors (Lipinski definition) is 1. The van der Waals surface area contributed by atoms with Crippen molar-refractivity contribution < 1.29 is 14.3 Å². The number of benzene rings is 2. The molecule has 3 rings (SSSR count). The Bertz CT molecular complexity index is 899. The van der Waals surface area contributed by atoms with E-state index in [1.807, 2.05) is 24.3 Å². The largest absolute Gasteiger partial charge is 0.497 e. The van der Waals surface area contributed by atoms with Crippen LogP contribution in [0.2, 0.25) is 5.02 Å². The van der Waals surface area contributed by atoms with Crippen LogP contribution in [-0.4, -0.2) is 29.3 Å². The van der Waals surface area contributed by atoms with Crippen LogP contribution in [0.4, 0.5) is 5.13 Å². The molecule has 8 heteroatoms. The number of amides is 1. The van der Waals surface area contributed by atoms with Gasteiger partial charge in [0.2, 0.25) is 5.13 Å². The summed E-state index contributed by atoms with van der Waals surface area (Å²) in [5, 5.41) is 12.5. The lowest BCUT2D eigenvalue weighted by Crippen LogP contribution is -2.30. The molecule has 1 N–H and O–H groups in total. The number of carbonyl (C=O) groups excluding carboxylic acids is 1. The second-order valence-electron chi connectivity index (χ2n) is 5.35. The van der Waals surface area contributed by atoms with E-state index in [9.17, 15) is 4.79 Å². The Morgan fingerprint density at radius 2 is 1.92 bits per heavy atom. The molecule has 0 fully saturated rings. The topological polar surface area (TPSA) is 73.3 Å². The van der Waals surface area contributed by atoms with Crippen molar-refractivity contribution in [1.29, 1.82) is 0 Å². The number of nitrogens with zero attached hydrogens (tertiary/aromatic N) is 2. The summed E-state index contributed by atoms with van der Waals surface area (Å²) in [6.45, 7) is 1.65. The summed E-state index contributed by atoms with van der Waals surface area (Å²) in [5.74, 6) is 0.970. The molecule has 0 aliphatic carbocycles. The number of carbonyl (C=O) groups is 1. The van der Waals surface area contributed by atoms with Crippen LogP contribution in [0.15, 0.2) is 48.5 Å². The molecule has 1 amide bonds. The third-order valence-corrected chi connectivity index (χ3v) is 4.59. The van der Waals surface area contributed by atoms with E-state index < -0.39 is 6.10 Å². The molecule has 1 aromatic heterocycles. The van der Waals surface area contributed by atoms with Crippen molar-refractivity contribution in [2.45, 2.75) is 13.0 Å².